The van der Waals surface area contributed by atoms with Crippen LogP contribution in [0.5, 0.6) is 0 Å². The summed E-state index contributed by atoms with van der Waals surface area (Å²) in [6, 6.07) is 13.7. The van der Waals surface area contributed by atoms with Crippen molar-refractivity contribution in [2.24, 2.45) is 7.05 Å². The van der Waals surface area contributed by atoms with Gasteiger partial charge in [-0.3, -0.25) is 9.52 Å². The standard InChI is InChI=1S/C17H13Cl2N3O3S/c1-22-17(23)9-8-16(20-22)11-2-4-12(5-3-11)21-26(24,25)13-6-7-14(18)15(19)10-13/h2-10,21H,1H3. The van der Waals surface area contributed by atoms with Crippen LogP contribution < -0.4 is 10.3 Å². The molecule has 3 rings (SSSR count). The summed E-state index contributed by atoms with van der Waals surface area (Å²) < 4.78 is 28.6. The van der Waals surface area contributed by atoms with Crippen molar-refractivity contribution < 1.29 is 8.42 Å². The monoisotopic (exact) mass is 409 g/mol. The highest BCUT2D eigenvalue weighted by atomic mass is 35.5. The number of anilines is 1. The van der Waals surface area contributed by atoms with Gasteiger partial charge in [-0.25, -0.2) is 13.1 Å². The van der Waals surface area contributed by atoms with Crippen molar-refractivity contribution in [1.82, 2.24) is 9.78 Å². The molecule has 1 aromatic heterocycles. The molecule has 0 amide bonds. The van der Waals surface area contributed by atoms with Crippen LogP contribution in [0.1, 0.15) is 0 Å². The molecule has 3 aromatic rings. The molecule has 0 spiro atoms. The maximum Gasteiger partial charge on any atom is 0.266 e. The Morgan fingerprint density at radius 3 is 2.27 bits per heavy atom. The van der Waals surface area contributed by atoms with E-state index in [0.717, 1.165) is 5.56 Å². The van der Waals surface area contributed by atoms with Crippen molar-refractivity contribution in [2.45, 2.75) is 4.90 Å². The summed E-state index contributed by atoms with van der Waals surface area (Å²) in [6.07, 6.45) is 0. The molecule has 0 aliphatic rings. The zero-order chi connectivity index (χ0) is 18.9. The van der Waals surface area contributed by atoms with Gasteiger partial charge in [-0.1, -0.05) is 35.3 Å². The molecule has 0 bridgehead atoms. The maximum atomic E-state index is 12.4. The van der Waals surface area contributed by atoms with Gasteiger partial charge in [0.25, 0.3) is 15.6 Å². The third kappa shape index (κ3) is 3.90. The lowest BCUT2D eigenvalue weighted by molar-refractivity contribution is 0.601. The first-order valence-electron chi connectivity index (χ1n) is 7.39. The first-order chi connectivity index (χ1) is 12.3. The molecule has 1 N–H and O–H groups in total. The van der Waals surface area contributed by atoms with Crippen molar-refractivity contribution in [3.8, 4) is 11.3 Å². The normalized spacial score (nSPS) is 11.3. The lowest BCUT2D eigenvalue weighted by atomic mass is 10.1. The number of rotatable bonds is 4. The Kier molecular flexibility index (Phi) is 5.04. The Bertz CT molecular complexity index is 1130. The van der Waals surface area contributed by atoms with E-state index in [0.29, 0.717) is 11.4 Å². The topological polar surface area (TPSA) is 81.1 Å². The smallest absolute Gasteiger partial charge is 0.266 e. The molecule has 6 nitrogen and oxygen atoms in total. The first kappa shape index (κ1) is 18.4. The van der Waals surface area contributed by atoms with E-state index in [1.165, 1.54) is 28.9 Å². The number of hydrogen-bond acceptors (Lipinski definition) is 4. The van der Waals surface area contributed by atoms with Crippen molar-refractivity contribution in [2.75, 3.05) is 4.72 Å². The van der Waals surface area contributed by atoms with Gasteiger partial charge in [0.2, 0.25) is 0 Å². The van der Waals surface area contributed by atoms with E-state index in [9.17, 15) is 13.2 Å². The van der Waals surface area contributed by atoms with Crippen LogP contribution in [0, 0.1) is 0 Å². The Balaban J connectivity index is 1.85. The van der Waals surface area contributed by atoms with Gasteiger partial charge >= 0.3 is 0 Å². The molecule has 0 aliphatic carbocycles. The van der Waals surface area contributed by atoms with Crippen LogP contribution in [0.25, 0.3) is 11.3 Å². The van der Waals surface area contributed by atoms with E-state index in [2.05, 4.69) is 9.82 Å². The number of halogens is 2. The van der Waals surface area contributed by atoms with Gasteiger partial charge < -0.3 is 0 Å². The van der Waals surface area contributed by atoms with E-state index in [-0.39, 0.29) is 20.5 Å². The summed E-state index contributed by atoms with van der Waals surface area (Å²) in [6.45, 7) is 0. The van der Waals surface area contributed by atoms with Crippen LogP contribution in [0.2, 0.25) is 10.0 Å². The Hall–Kier alpha value is -2.35. The average molecular weight is 410 g/mol. The van der Waals surface area contributed by atoms with E-state index in [1.807, 2.05) is 0 Å². The van der Waals surface area contributed by atoms with Crippen molar-refractivity contribution in [3.05, 3.63) is 75.0 Å². The van der Waals surface area contributed by atoms with Gasteiger partial charge in [0.1, 0.15) is 0 Å². The number of nitrogens with one attached hydrogen (secondary N) is 1. The lowest BCUT2D eigenvalue weighted by Gasteiger charge is -2.10. The molecular weight excluding hydrogens is 397 g/mol. The van der Waals surface area contributed by atoms with Gasteiger partial charge in [-0.05, 0) is 36.4 Å². The molecule has 2 aromatic carbocycles. The van der Waals surface area contributed by atoms with E-state index in [4.69, 9.17) is 23.2 Å². The third-order valence-corrected chi connectivity index (χ3v) is 5.71. The molecule has 0 aliphatic heterocycles. The molecule has 9 heteroatoms. The highest BCUT2D eigenvalue weighted by Crippen LogP contribution is 2.26. The Morgan fingerprint density at radius 1 is 0.962 bits per heavy atom. The second-order valence-corrected chi connectivity index (χ2v) is 7.94. The van der Waals surface area contributed by atoms with E-state index in [1.54, 1.807) is 37.4 Å². The predicted molar refractivity (Wildman–Crippen MR) is 102 cm³/mol. The summed E-state index contributed by atoms with van der Waals surface area (Å²) in [7, 11) is -2.24. The first-order valence-corrected chi connectivity index (χ1v) is 9.63. The molecule has 0 saturated carbocycles. The zero-order valence-corrected chi connectivity index (χ0v) is 15.8. The van der Waals surface area contributed by atoms with Crippen molar-refractivity contribution in [1.29, 1.82) is 0 Å². The fourth-order valence-electron chi connectivity index (χ4n) is 2.22. The number of aryl methyl sites for hydroxylation is 1. The van der Waals surface area contributed by atoms with Crippen LogP contribution in [-0.2, 0) is 17.1 Å². The number of aromatic nitrogens is 2. The number of sulfonamides is 1. The fourth-order valence-corrected chi connectivity index (χ4v) is 3.67. The second-order valence-electron chi connectivity index (χ2n) is 5.44. The molecule has 0 fully saturated rings. The third-order valence-electron chi connectivity index (χ3n) is 3.59. The second kappa shape index (κ2) is 7.11. The van der Waals surface area contributed by atoms with Gasteiger partial charge in [-0.2, -0.15) is 5.10 Å². The minimum atomic E-state index is -3.80. The number of benzene rings is 2. The minimum Gasteiger partial charge on any atom is -0.280 e. The Labute approximate surface area is 160 Å². The van der Waals surface area contributed by atoms with Crippen molar-refractivity contribution in [3.63, 3.8) is 0 Å². The van der Waals surface area contributed by atoms with Crippen LogP contribution in [0.4, 0.5) is 5.69 Å². The predicted octanol–water partition coefficient (Wildman–Crippen LogP) is 3.55. The minimum absolute atomic E-state index is 0.00991. The molecule has 0 saturated heterocycles. The fraction of sp³-hybridized carbons (Fsp3) is 0.0588. The van der Waals surface area contributed by atoms with Crippen LogP contribution >= 0.6 is 23.2 Å². The molecule has 0 radical (unpaired) electrons. The molecule has 26 heavy (non-hydrogen) atoms. The lowest BCUT2D eigenvalue weighted by Crippen LogP contribution is -2.18. The average Bonchev–Trinajstić information content (AvgIpc) is 2.60. The number of nitrogens with zero attached hydrogens (tertiary/aromatic N) is 2. The summed E-state index contributed by atoms with van der Waals surface area (Å²) in [5.74, 6) is 0. The van der Waals surface area contributed by atoms with Gasteiger partial charge in [0.15, 0.2) is 0 Å². The highest BCUT2D eigenvalue weighted by molar-refractivity contribution is 7.92. The SMILES string of the molecule is Cn1nc(-c2ccc(NS(=O)(=O)c3ccc(Cl)c(Cl)c3)cc2)ccc1=O. The maximum absolute atomic E-state index is 12.4. The largest absolute Gasteiger partial charge is 0.280 e. The van der Waals surface area contributed by atoms with Crippen LogP contribution in [0.3, 0.4) is 0 Å². The molecule has 1 heterocycles. The van der Waals surface area contributed by atoms with Crippen LogP contribution in [0.15, 0.2) is 64.3 Å². The van der Waals surface area contributed by atoms with Gasteiger partial charge in [-0.15, -0.1) is 0 Å². The number of hydrogen-bond donors (Lipinski definition) is 1. The van der Waals surface area contributed by atoms with Gasteiger partial charge in [0.05, 0.1) is 20.6 Å². The molecule has 0 atom stereocenters. The highest BCUT2D eigenvalue weighted by Gasteiger charge is 2.15. The molecular formula is C17H13Cl2N3O3S. The van der Waals surface area contributed by atoms with Gasteiger partial charge in [0, 0.05) is 24.4 Å². The summed E-state index contributed by atoms with van der Waals surface area (Å²) >= 11 is 11.7. The van der Waals surface area contributed by atoms with E-state index >= 15 is 0 Å². The Morgan fingerprint density at radius 2 is 1.65 bits per heavy atom. The quantitative estimate of drug-likeness (QED) is 0.713. The molecule has 134 valence electrons. The zero-order valence-electron chi connectivity index (χ0n) is 13.5. The summed E-state index contributed by atoms with van der Waals surface area (Å²) in [5.41, 5.74) is 1.52. The van der Waals surface area contributed by atoms with Crippen molar-refractivity contribution >= 4 is 38.9 Å². The summed E-state index contributed by atoms with van der Waals surface area (Å²) in [5, 5.41) is 4.59. The molecule has 0 unspecified atom stereocenters. The summed E-state index contributed by atoms with van der Waals surface area (Å²) in [4.78, 5) is 11.4. The van der Waals surface area contributed by atoms with Crippen LogP contribution in [-0.4, -0.2) is 18.2 Å². The van der Waals surface area contributed by atoms with E-state index < -0.39 is 10.0 Å².